The maximum atomic E-state index is 12.1. The average molecular weight is 334 g/mol. The van der Waals surface area contributed by atoms with E-state index >= 15 is 0 Å². The summed E-state index contributed by atoms with van der Waals surface area (Å²) in [5, 5.41) is 3.49. The summed E-state index contributed by atoms with van der Waals surface area (Å²) in [6.45, 7) is 3.75. The minimum absolute atomic E-state index is 0.0891. The Balaban J connectivity index is 1.94. The highest BCUT2D eigenvalue weighted by molar-refractivity contribution is 6.31. The Bertz CT molecular complexity index is 688. The Labute approximate surface area is 141 Å². The van der Waals surface area contributed by atoms with Crippen LogP contribution in [0.1, 0.15) is 24.1 Å². The molecule has 5 heteroatoms. The van der Waals surface area contributed by atoms with Crippen molar-refractivity contribution in [2.75, 3.05) is 13.7 Å². The summed E-state index contributed by atoms with van der Waals surface area (Å²) in [6, 6.07) is 12.8. The number of carbonyl (C=O) groups excluding carboxylic acids is 1. The maximum Gasteiger partial charge on any atom is 0.258 e. The van der Waals surface area contributed by atoms with E-state index < -0.39 is 0 Å². The van der Waals surface area contributed by atoms with Gasteiger partial charge in [-0.15, -0.1) is 0 Å². The molecule has 0 saturated carbocycles. The van der Waals surface area contributed by atoms with Crippen LogP contribution in [0.3, 0.4) is 0 Å². The van der Waals surface area contributed by atoms with Crippen molar-refractivity contribution in [2.45, 2.75) is 19.9 Å². The number of ether oxygens (including phenoxy) is 2. The van der Waals surface area contributed by atoms with Crippen LogP contribution in [0, 0.1) is 6.92 Å². The fourth-order valence-electron chi connectivity index (χ4n) is 2.22. The Morgan fingerprint density at radius 1 is 1.22 bits per heavy atom. The van der Waals surface area contributed by atoms with Crippen LogP contribution >= 0.6 is 11.6 Å². The van der Waals surface area contributed by atoms with Crippen LogP contribution in [0.25, 0.3) is 0 Å². The minimum atomic E-state index is -0.222. The summed E-state index contributed by atoms with van der Waals surface area (Å²) in [5.41, 5.74) is 1.93. The van der Waals surface area contributed by atoms with Gasteiger partial charge in [0, 0.05) is 5.02 Å². The Morgan fingerprint density at radius 3 is 2.65 bits per heavy atom. The molecule has 23 heavy (non-hydrogen) atoms. The second-order valence-electron chi connectivity index (χ2n) is 5.25. The van der Waals surface area contributed by atoms with Crippen molar-refractivity contribution >= 4 is 17.5 Å². The molecule has 4 nitrogen and oxygen atoms in total. The van der Waals surface area contributed by atoms with E-state index in [1.165, 1.54) is 0 Å². The van der Waals surface area contributed by atoms with Crippen molar-refractivity contribution in [3.8, 4) is 11.5 Å². The fourth-order valence-corrected chi connectivity index (χ4v) is 2.52. The number of halogens is 1. The molecule has 0 spiro atoms. The molecule has 0 aliphatic carbocycles. The van der Waals surface area contributed by atoms with E-state index in [0.29, 0.717) is 16.5 Å². The van der Waals surface area contributed by atoms with Gasteiger partial charge in [0.05, 0.1) is 13.2 Å². The quantitative estimate of drug-likeness (QED) is 0.871. The van der Waals surface area contributed by atoms with Gasteiger partial charge in [-0.3, -0.25) is 4.79 Å². The highest BCUT2D eigenvalue weighted by atomic mass is 35.5. The summed E-state index contributed by atoms with van der Waals surface area (Å²) < 4.78 is 10.8. The van der Waals surface area contributed by atoms with Gasteiger partial charge in [-0.25, -0.2) is 0 Å². The molecule has 0 aromatic heterocycles. The molecule has 1 amide bonds. The number of benzene rings is 2. The lowest BCUT2D eigenvalue weighted by Crippen LogP contribution is -2.31. The molecular formula is C18H20ClNO3. The second-order valence-corrected chi connectivity index (χ2v) is 5.66. The standard InChI is InChI=1S/C18H20ClNO3/c1-12-8-9-16(17(10-12)22-3)23-11-18(21)20-13(2)14-6-4-5-7-15(14)19/h4-10,13H,11H2,1-3H3,(H,20,21). The van der Waals surface area contributed by atoms with Crippen molar-refractivity contribution in [1.29, 1.82) is 0 Å². The zero-order valence-electron chi connectivity index (χ0n) is 13.4. The molecular weight excluding hydrogens is 314 g/mol. The topological polar surface area (TPSA) is 47.6 Å². The van der Waals surface area contributed by atoms with Crippen LogP contribution in [0.2, 0.25) is 5.02 Å². The third kappa shape index (κ3) is 4.63. The average Bonchev–Trinajstić information content (AvgIpc) is 2.53. The molecule has 1 unspecified atom stereocenters. The molecule has 1 atom stereocenters. The lowest BCUT2D eigenvalue weighted by atomic mass is 10.1. The lowest BCUT2D eigenvalue weighted by Gasteiger charge is -2.16. The number of hydrogen-bond donors (Lipinski definition) is 1. The zero-order chi connectivity index (χ0) is 16.8. The summed E-state index contributed by atoms with van der Waals surface area (Å²) in [4.78, 5) is 12.1. The van der Waals surface area contributed by atoms with Crippen LogP contribution in [-0.4, -0.2) is 19.6 Å². The van der Waals surface area contributed by atoms with Gasteiger partial charge < -0.3 is 14.8 Å². The normalized spacial score (nSPS) is 11.7. The van der Waals surface area contributed by atoms with Crippen LogP contribution in [-0.2, 0) is 4.79 Å². The smallest absolute Gasteiger partial charge is 0.258 e. The predicted molar refractivity (Wildman–Crippen MR) is 91.2 cm³/mol. The van der Waals surface area contributed by atoms with Crippen molar-refractivity contribution in [1.82, 2.24) is 5.32 Å². The van der Waals surface area contributed by atoms with E-state index in [-0.39, 0.29) is 18.6 Å². The van der Waals surface area contributed by atoms with Crippen molar-refractivity contribution in [2.24, 2.45) is 0 Å². The van der Waals surface area contributed by atoms with E-state index in [4.69, 9.17) is 21.1 Å². The fraction of sp³-hybridized carbons (Fsp3) is 0.278. The minimum Gasteiger partial charge on any atom is -0.493 e. The van der Waals surface area contributed by atoms with Crippen LogP contribution in [0.5, 0.6) is 11.5 Å². The van der Waals surface area contributed by atoms with Crippen molar-refractivity contribution in [3.63, 3.8) is 0 Å². The van der Waals surface area contributed by atoms with E-state index in [1.54, 1.807) is 19.2 Å². The number of aryl methyl sites for hydroxylation is 1. The van der Waals surface area contributed by atoms with Crippen molar-refractivity contribution in [3.05, 3.63) is 58.6 Å². The molecule has 2 aromatic rings. The SMILES string of the molecule is COc1cc(C)ccc1OCC(=O)NC(C)c1ccccc1Cl. The van der Waals surface area contributed by atoms with Gasteiger partial charge in [-0.1, -0.05) is 35.9 Å². The van der Waals surface area contributed by atoms with Gasteiger partial charge >= 0.3 is 0 Å². The van der Waals surface area contributed by atoms with E-state index in [0.717, 1.165) is 11.1 Å². The van der Waals surface area contributed by atoms with Crippen LogP contribution < -0.4 is 14.8 Å². The van der Waals surface area contributed by atoms with Gasteiger partial charge in [0.2, 0.25) is 0 Å². The molecule has 2 aromatic carbocycles. The van der Waals surface area contributed by atoms with E-state index in [1.807, 2.05) is 44.2 Å². The first-order valence-electron chi connectivity index (χ1n) is 7.32. The van der Waals surface area contributed by atoms with Gasteiger partial charge in [-0.2, -0.15) is 0 Å². The summed E-state index contributed by atoms with van der Waals surface area (Å²) >= 11 is 6.13. The summed E-state index contributed by atoms with van der Waals surface area (Å²) in [7, 11) is 1.57. The molecule has 0 saturated heterocycles. The first kappa shape index (κ1) is 17.2. The summed E-state index contributed by atoms with van der Waals surface area (Å²) in [5.74, 6) is 0.927. The highest BCUT2D eigenvalue weighted by Gasteiger charge is 2.13. The number of amides is 1. The monoisotopic (exact) mass is 333 g/mol. The van der Waals surface area contributed by atoms with Gasteiger partial charge in [0.1, 0.15) is 0 Å². The lowest BCUT2D eigenvalue weighted by molar-refractivity contribution is -0.123. The molecule has 1 N–H and O–H groups in total. The molecule has 0 fully saturated rings. The molecule has 0 heterocycles. The van der Waals surface area contributed by atoms with Crippen LogP contribution in [0.4, 0.5) is 0 Å². The molecule has 0 bridgehead atoms. The molecule has 2 rings (SSSR count). The molecule has 122 valence electrons. The van der Waals surface area contributed by atoms with E-state index in [9.17, 15) is 4.79 Å². The largest absolute Gasteiger partial charge is 0.493 e. The number of methoxy groups -OCH3 is 1. The maximum absolute atomic E-state index is 12.1. The predicted octanol–water partition coefficient (Wildman–Crippen LogP) is 3.91. The van der Waals surface area contributed by atoms with Gasteiger partial charge in [0.25, 0.3) is 5.91 Å². The number of rotatable bonds is 6. The number of carbonyl (C=O) groups is 1. The Hall–Kier alpha value is -2.20. The van der Waals surface area contributed by atoms with Crippen molar-refractivity contribution < 1.29 is 14.3 Å². The van der Waals surface area contributed by atoms with Gasteiger partial charge in [-0.05, 0) is 43.2 Å². The first-order chi connectivity index (χ1) is 11.0. The summed E-state index contributed by atoms with van der Waals surface area (Å²) in [6.07, 6.45) is 0. The molecule has 0 aliphatic rings. The zero-order valence-corrected chi connectivity index (χ0v) is 14.2. The third-order valence-corrected chi connectivity index (χ3v) is 3.77. The number of nitrogens with one attached hydrogen (secondary N) is 1. The Morgan fingerprint density at radius 2 is 1.96 bits per heavy atom. The highest BCUT2D eigenvalue weighted by Crippen LogP contribution is 2.27. The first-order valence-corrected chi connectivity index (χ1v) is 7.70. The van der Waals surface area contributed by atoms with Gasteiger partial charge in [0.15, 0.2) is 18.1 Å². The van der Waals surface area contributed by atoms with E-state index in [2.05, 4.69) is 5.32 Å². The van der Waals surface area contributed by atoms with Crippen LogP contribution in [0.15, 0.2) is 42.5 Å². The Kier molecular flexibility index (Phi) is 5.88. The molecule has 0 radical (unpaired) electrons. The third-order valence-electron chi connectivity index (χ3n) is 3.43. The molecule has 0 aliphatic heterocycles. The number of hydrogen-bond acceptors (Lipinski definition) is 3. The second kappa shape index (κ2) is 7.88.